The maximum absolute atomic E-state index is 13.4. The van der Waals surface area contributed by atoms with Gasteiger partial charge in [0.05, 0.1) is 7.11 Å². The largest absolute Gasteiger partial charge is 0.489 e. The minimum Gasteiger partial charge on any atom is -0.489 e. The summed E-state index contributed by atoms with van der Waals surface area (Å²) in [6.45, 7) is 7.65. The Bertz CT molecular complexity index is 971. The van der Waals surface area contributed by atoms with E-state index in [4.69, 9.17) is 9.47 Å². The van der Waals surface area contributed by atoms with Crippen molar-refractivity contribution in [1.82, 2.24) is 10.2 Å². The summed E-state index contributed by atoms with van der Waals surface area (Å²) < 4.78 is 10.5. The molecule has 1 N–H and O–H groups in total. The number of hydrogen-bond donors (Lipinski definition) is 1. The Kier molecular flexibility index (Phi) is 5.91. The number of nitrogens with one attached hydrogen (secondary N) is 1. The third kappa shape index (κ3) is 3.91. The highest BCUT2D eigenvalue weighted by Gasteiger charge is 2.53. The summed E-state index contributed by atoms with van der Waals surface area (Å²) in [5.41, 5.74) is 0.614. The van der Waals surface area contributed by atoms with Crippen LogP contribution in [0.25, 0.3) is 0 Å². The summed E-state index contributed by atoms with van der Waals surface area (Å²) >= 11 is 0. The van der Waals surface area contributed by atoms with Crippen LogP contribution in [0.5, 0.6) is 5.75 Å². The number of imide groups is 1. The second kappa shape index (κ2) is 8.41. The molecule has 1 aliphatic heterocycles. The lowest BCUT2D eigenvalue weighted by atomic mass is 9.91. The number of urea groups is 1. The standard InChI is InChI=1S/C23H24N2O5/c1-15(2)14-30-18-12-10-17(11-13-18)23(3)21(27)25(22(28)24-23)19(20(26)29-4)16-8-6-5-7-9-16/h5-13,19H,1,14H2,2-4H3,(H,24,28). The fraction of sp³-hybridized carbons (Fsp3) is 0.261. The van der Waals surface area contributed by atoms with Crippen molar-refractivity contribution in [3.05, 3.63) is 77.9 Å². The van der Waals surface area contributed by atoms with E-state index in [-0.39, 0.29) is 0 Å². The average Bonchev–Trinajstić information content (AvgIpc) is 2.97. The van der Waals surface area contributed by atoms with Crippen LogP contribution in [0.2, 0.25) is 0 Å². The number of esters is 1. The summed E-state index contributed by atoms with van der Waals surface area (Å²) in [7, 11) is 1.22. The average molecular weight is 408 g/mol. The monoisotopic (exact) mass is 408 g/mol. The number of hydrogen-bond acceptors (Lipinski definition) is 5. The number of benzene rings is 2. The van der Waals surface area contributed by atoms with E-state index < -0.39 is 29.5 Å². The van der Waals surface area contributed by atoms with Gasteiger partial charge in [0.1, 0.15) is 17.9 Å². The Balaban J connectivity index is 1.92. The van der Waals surface area contributed by atoms with Gasteiger partial charge in [0, 0.05) is 0 Å². The van der Waals surface area contributed by atoms with Gasteiger partial charge in [-0.2, -0.15) is 0 Å². The van der Waals surface area contributed by atoms with E-state index >= 15 is 0 Å². The first-order chi connectivity index (χ1) is 14.3. The quantitative estimate of drug-likeness (QED) is 0.432. The van der Waals surface area contributed by atoms with E-state index in [0.717, 1.165) is 10.5 Å². The molecule has 3 rings (SSSR count). The molecule has 2 aromatic carbocycles. The van der Waals surface area contributed by atoms with Crippen molar-refractivity contribution in [2.24, 2.45) is 0 Å². The molecule has 2 aromatic rings. The Hall–Kier alpha value is -3.61. The zero-order chi connectivity index (χ0) is 21.9. The highest BCUT2D eigenvalue weighted by atomic mass is 16.5. The molecule has 1 saturated heterocycles. The fourth-order valence-corrected chi connectivity index (χ4v) is 3.32. The van der Waals surface area contributed by atoms with Gasteiger partial charge in [0.15, 0.2) is 6.04 Å². The first kappa shape index (κ1) is 21.1. The van der Waals surface area contributed by atoms with E-state index in [1.165, 1.54) is 7.11 Å². The van der Waals surface area contributed by atoms with E-state index in [9.17, 15) is 14.4 Å². The van der Waals surface area contributed by atoms with Crippen LogP contribution in [0.1, 0.15) is 31.0 Å². The fourth-order valence-electron chi connectivity index (χ4n) is 3.32. The molecule has 1 heterocycles. The summed E-state index contributed by atoms with van der Waals surface area (Å²) in [6, 6.07) is 13.6. The van der Waals surface area contributed by atoms with Crippen LogP contribution >= 0.6 is 0 Å². The molecule has 30 heavy (non-hydrogen) atoms. The maximum atomic E-state index is 13.4. The lowest BCUT2D eigenvalue weighted by molar-refractivity contribution is -0.150. The van der Waals surface area contributed by atoms with Crippen molar-refractivity contribution < 1.29 is 23.9 Å². The van der Waals surface area contributed by atoms with Gasteiger partial charge >= 0.3 is 12.0 Å². The van der Waals surface area contributed by atoms with Gasteiger partial charge in [-0.25, -0.2) is 14.5 Å². The smallest absolute Gasteiger partial charge is 0.333 e. The Morgan fingerprint density at radius 1 is 1.13 bits per heavy atom. The molecule has 2 atom stereocenters. The maximum Gasteiger partial charge on any atom is 0.333 e. The number of amides is 3. The van der Waals surface area contributed by atoms with Crippen LogP contribution in [-0.2, 0) is 19.9 Å². The third-order valence-electron chi connectivity index (χ3n) is 4.94. The molecule has 7 nitrogen and oxygen atoms in total. The van der Waals surface area contributed by atoms with Gasteiger partial charge in [0.2, 0.25) is 0 Å². The number of rotatable bonds is 7. The van der Waals surface area contributed by atoms with Gasteiger partial charge in [-0.15, -0.1) is 0 Å². The molecule has 2 unspecified atom stereocenters. The van der Waals surface area contributed by atoms with Gasteiger partial charge in [-0.1, -0.05) is 49.0 Å². The molecule has 0 aromatic heterocycles. The van der Waals surface area contributed by atoms with Crippen LogP contribution < -0.4 is 10.1 Å². The first-order valence-corrected chi connectivity index (χ1v) is 9.44. The normalized spacial score (nSPS) is 19.2. The predicted octanol–water partition coefficient (Wildman–Crippen LogP) is 3.32. The van der Waals surface area contributed by atoms with E-state index in [0.29, 0.717) is 23.5 Å². The van der Waals surface area contributed by atoms with E-state index in [2.05, 4.69) is 11.9 Å². The zero-order valence-electron chi connectivity index (χ0n) is 17.2. The highest BCUT2D eigenvalue weighted by Crippen LogP contribution is 2.35. The number of methoxy groups -OCH3 is 1. The van der Waals surface area contributed by atoms with Crippen LogP contribution in [0.4, 0.5) is 4.79 Å². The second-order valence-corrected chi connectivity index (χ2v) is 7.34. The Morgan fingerprint density at radius 2 is 1.77 bits per heavy atom. The topological polar surface area (TPSA) is 84.9 Å². The summed E-state index contributed by atoms with van der Waals surface area (Å²) in [6.07, 6.45) is 0. The van der Waals surface area contributed by atoms with Crippen molar-refractivity contribution >= 4 is 17.9 Å². The van der Waals surface area contributed by atoms with Crippen LogP contribution in [0.15, 0.2) is 66.7 Å². The molecular formula is C23H24N2O5. The summed E-state index contributed by atoms with van der Waals surface area (Å²) in [4.78, 5) is 39.6. The molecule has 0 spiro atoms. The van der Waals surface area contributed by atoms with Gasteiger partial charge in [-0.05, 0) is 42.7 Å². The highest BCUT2D eigenvalue weighted by molar-refractivity contribution is 6.09. The molecule has 3 amide bonds. The molecule has 0 radical (unpaired) electrons. The molecule has 156 valence electrons. The zero-order valence-corrected chi connectivity index (χ0v) is 17.2. The minimum atomic E-state index is -1.33. The SMILES string of the molecule is C=C(C)COc1ccc(C2(C)NC(=O)N(C(C(=O)OC)c3ccccc3)C2=O)cc1. The van der Waals surface area contributed by atoms with Crippen LogP contribution in [-0.4, -0.2) is 36.5 Å². The number of carbonyl (C=O) groups excluding carboxylic acids is 3. The van der Waals surface area contributed by atoms with Crippen molar-refractivity contribution in [1.29, 1.82) is 0 Å². The van der Waals surface area contributed by atoms with Gasteiger partial charge in [0.25, 0.3) is 5.91 Å². The molecule has 1 fully saturated rings. The number of carbonyl (C=O) groups is 3. The van der Waals surface area contributed by atoms with Crippen molar-refractivity contribution in [2.45, 2.75) is 25.4 Å². The minimum absolute atomic E-state index is 0.387. The van der Waals surface area contributed by atoms with Gasteiger partial charge in [-0.3, -0.25) is 4.79 Å². The third-order valence-corrected chi connectivity index (χ3v) is 4.94. The number of nitrogens with zero attached hydrogens (tertiary/aromatic N) is 1. The predicted molar refractivity (Wildman–Crippen MR) is 111 cm³/mol. The van der Waals surface area contributed by atoms with E-state index in [1.807, 2.05) is 6.92 Å². The van der Waals surface area contributed by atoms with Crippen LogP contribution in [0.3, 0.4) is 0 Å². The van der Waals surface area contributed by atoms with Crippen molar-refractivity contribution in [3.63, 3.8) is 0 Å². The van der Waals surface area contributed by atoms with Crippen molar-refractivity contribution in [3.8, 4) is 5.75 Å². The molecule has 0 saturated carbocycles. The molecule has 1 aliphatic rings. The lowest BCUT2D eigenvalue weighted by Gasteiger charge is -2.26. The molecule has 0 bridgehead atoms. The molecule has 0 aliphatic carbocycles. The first-order valence-electron chi connectivity index (χ1n) is 9.44. The lowest BCUT2D eigenvalue weighted by Crippen LogP contribution is -2.42. The van der Waals surface area contributed by atoms with Crippen LogP contribution in [0, 0.1) is 0 Å². The molecular weight excluding hydrogens is 384 g/mol. The summed E-state index contributed by atoms with van der Waals surface area (Å²) in [5, 5.41) is 2.72. The summed E-state index contributed by atoms with van der Waals surface area (Å²) in [5.74, 6) is -0.615. The molecule has 7 heteroatoms. The van der Waals surface area contributed by atoms with E-state index in [1.54, 1.807) is 61.5 Å². The van der Waals surface area contributed by atoms with Gasteiger partial charge < -0.3 is 14.8 Å². The van der Waals surface area contributed by atoms with Crippen molar-refractivity contribution in [2.75, 3.05) is 13.7 Å². The Labute approximate surface area is 175 Å². The Morgan fingerprint density at radius 3 is 2.33 bits per heavy atom. The second-order valence-electron chi connectivity index (χ2n) is 7.34. The number of ether oxygens (including phenoxy) is 2.